The van der Waals surface area contributed by atoms with Crippen molar-refractivity contribution in [2.75, 3.05) is 0 Å². The van der Waals surface area contributed by atoms with Crippen LogP contribution in [0.2, 0.25) is 0 Å². The second-order valence-electron chi connectivity index (χ2n) is 9.77. The first-order chi connectivity index (χ1) is 19.4. The molecule has 5 aromatic rings. The van der Waals surface area contributed by atoms with Crippen LogP contribution in [0.15, 0.2) is 104 Å². The molecule has 2 aromatic heterocycles. The van der Waals surface area contributed by atoms with E-state index in [-0.39, 0.29) is 23.0 Å². The maximum Gasteiger partial charge on any atom is 0.420 e. The van der Waals surface area contributed by atoms with E-state index in [1.807, 2.05) is 67.6 Å². The van der Waals surface area contributed by atoms with Crippen molar-refractivity contribution in [3.05, 3.63) is 107 Å². The van der Waals surface area contributed by atoms with E-state index in [0.717, 1.165) is 36.0 Å². The Bertz CT molecular complexity index is 1740. The van der Waals surface area contributed by atoms with Gasteiger partial charge in [0.25, 0.3) is 0 Å². The fraction of sp³-hybridized carbons (Fsp3) is 0.258. The van der Waals surface area contributed by atoms with E-state index in [1.54, 1.807) is 33.5 Å². The maximum absolute atomic E-state index is 13.6. The van der Waals surface area contributed by atoms with E-state index in [9.17, 15) is 13.2 Å². The van der Waals surface area contributed by atoms with Gasteiger partial charge in [-0.2, -0.15) is 0 Å². The van der Waals surface area contributed by atoms with E-state index in [1.165, 1.54) is 0 Å². The summed E-state index contributed by atoms with van der Waals surface area (Å²) in [5.41, 5.74) is 3.83. The van der Waals surface area contributed by atoms with Crippen molar-refractivity contribution in [1.29, 1.82) is 0 Å². The predicted molar refractivity (Wildman–Crippen MR) is 154 cm³/mol. The molecule has 5 rings (SSSR count). The lowest BCUT2D eigenvalue weighted by molar-refractivity contribution is 0.448. The summed E-state index contributed by atoms with van der Waals surface area (Å²) in [7, 11) is -3.86. The Morgan fingerprint density at radius 1 is 0.825 bits per heavy atom. The van der Waals surface area contributed by atoms with Crippen molar-refractivity contribution in [2.24, 2.45) is 0 Å². The molecule has 0 fully saturated rings. The Morgan fingerprint density at radius 2 is 1.48 bits per heavy atom. The van der Waals surface area contributed by atoms with Gasteiger partial charge < -0.3 is 4.42 Å². The Morgan fingerprint density at radius 3 is 2.12 bits per heavy atom. The third-order valence-corrected chi connectivity index (χ3v) is 8.64. The van der Waals surface area contributed by atoms with Crippen LogP contribution in [0.25, 0.3) is 22.6 Å². The summed E-state index contributed by atoms with van der Waals surface area (Å²) in [5, 5.41) is 8.38. The van der Waals surface area contributed by atoms with Gasteiger partial charge in [0.2, 0.25) is 14.9 Å². The summed E-state index contributed by atoms with van der Waals surface area (Å²) in [5.74, 6) is -0.000878. The van der Waals surface area contributed by atoms with Crippen LogP contribution in [0.5, 0.6) is 0 Å². The second kappa shape index (κ2) is 11.9. The molecule has 0 unspecified atom stereocenters. The van der Waals surface area contributed by atoms with Gasteiger partial charge in [0.15, 0.2) is 5.76 Å². The summed E-state index contributed by atoms with van der Waals surface area (Å²) in [6.07, 6.45) is 3.27. The van der Waals surface area contributed by atoms with Crippen LogP contribution in [0.1, 0.15) is 37.4 Å². The molecule has 0 spiro atoms. The largest absolute Gasteiger partial charge is 0.420 e. The van der Waals surface area contributed by atoms with Gasteiger partial charge in [-0.1, -0.05) is 103 Å². The highest BCUT2D eigenvalue weighted by molar-refractivity contribution is 7.91. The van der Waals surface area contributed by atoms with Crippen LogP contribution < -0.4 is 5.76 Å². The predicted octanol–water partition coefficient (Wildman–Crippen LogP) is 5.94. The Balaban J connectivity index is 1.53. The first-order valence-corrected chi connectivity index (χ1v) is 15.0. The number of benzene rings is 3. The van der Waals surface area contributed by atoms with E-state index < -0.39 is 15.6 Å². The Labute approximate surface area is 233 Å². The second-order valence-corrected chi connectivity index (χ2v) is 11.6. The number of rotatable bonds is 11. The van der Waals surface area contributed by atoms with Gasteiger partial charge in [-0.25, -0.2) is 17.9 Å². The van der Waals surface area contributed by atoms with E-state index >= 15 is 0 Å². The molecule has 3 aromatic carbocycles. The molecule has 0 aliphatic rings. The van der Waals surface area contributed by atoms with Crippen LogP contribution in [-0.2, 0) is 29.3 Å². The number of sulfone groups is 1. The number of oxazole rings is 1. The molecular formula is C31H32N4O4S. The van der Waals surface area contributed by atoms with Crippen molar-refractivity contribution < 1.29 is 12.8 Å². The maximum atomic E-state index is 13.6. The molecule has 9 heteroatoms. The van der Waals surface area contributed by atoms with E-state index in [4.69, 9.17) is 4.42 Å². The van der Waals surface area contributed by atoms with E-state index in [2.05, 4.69) is 17.2 Å². The van der Waals surface area contributed by atoms with Crippen LogP contribution in [0.3, 0.4) is 0 Å². The average Bonchev–Trinajstić information content (AvgIpc) is 3.54. The van der Waals surface area contributed by atoms with Crippen molar-refractivity contribution in [1.82, 2.24) is 19.6 Å². The first kappa shape index (κ1) is 27.3. The summed E-state index contributed by atoms with van der Waals surface area (Å²) in [6.45, 7) is 4.49. The number of aryl methyl sites for hydroxylation is 2. The van der Waals surface area contributed by atoms with Gasteiger partial charge in [-0.05, 0) is 31.9 Å². The molecular weight excluding hydrogens is 524 g/mol. The highest BCUT2D eigenvalue weighted by Gasteiger charge is 2.28. The molecule has 0 radical (unpaired) electrons. The summed E-state index contributed by atoms with van der Waals surface area (Å²) in [4.78, 5) is 13.3. The average molecular weight is 557 g/mol. The molecule has 0 N–H and O–H groups in total. The molecule has 2 heterocycles. The van der Waals surface area contributed by atoms with Gasteiger partial charge in [0, 0.05) is 17.7 Å². The third kappa shape index (κ3) is 5.56. The smallest absolute Gasteiger partial charge is 0.407 e. The topological polar surface area (TPSA) is 100.0 Å². The number of aromatic nitrogens is 4. The third-order valence-electron chi connectivity index (χ3n) is 6.92. The number of nitrogens with zero attached hydrogens (tertiary/aromatic N) is 4. The fourth-order valence-electron chi connectivity index (χ4n) is 4.78. The van der Waals surface area contributed by atoms with Crippen molar-refractivity contribution in [2.45, 2.75) is 62.5 Å². The van der Waals surface area contributed by atoms with Crippen molar-refractivity contribution >= 4 is 9.84 Å². The zero-order chi connectivity index (χ0) is 28.1. The lowest BCUT2D eigenvalue weighted by atomic mass is 10.1. The minimum absolute atomic E-state index is 0.0275. The van der Waals surface area contributed by atoms with Crippen LogP contribution >= 0.6 is 0 Å². The minimum atomic E-state index is -3.86. The molecule has 0 bridgehead atoms. The Kier molecular flexibility index (Phi) is 8.11. The molecule has 0 saturated heterocycles. The molecule has 0 atom stereocenters. The standard InChI is InChI=1S/C31H32N4O4S/c1-3-4-7-16-27-30(40(37,38)26-19-17-23(2)18-20-26)32-33-35(27)22-21-34-28(24-12-8-5-9-13-24)29(39-31(34)36)25-14-10-6-11-15-25/h5-6,8-15,17-20H,3-4,7,16,21-22H2,1-2H3. The minimum Gasteiger partial charge on any atom is -0.407 e. The number of unbranched alkanes of at least 4 members (excludes halogenated alkanes) is 2. The molecule has 0 aliphatic heterocycles. The van der Waals surface area contributed by atoms with Crippen LogP contribution in [0.4, 0.5) is 0 Å². The van der Waals surface area contributed by atoms with Crippen LogP contribution in [-0.4, -0.2) is 28.0 Å². The zero-order valence-electron chi connectivity index (χ0n) is 22.7. The quantitative estimate of drug-likeness (QED) is 0.187. The molecule has 206 valence electrons. The summed E-state index contributed by atoms with van der Waals surface area (Å²) >= 11 is 0. The van der Waals surface area contributed by atoms with Crippen molar-refractivity contribution in [3.63, 3.8) is 0 Å². The molecule has 8 nitrogen and oxygen atoms in total. The molecule has 40 heavy (non-hydrogen) atoms. The van der Waals surface area contributed by atoms with Gasteiger partial charge in [-0.3, -0.25) is 4.57 Å². The highest BCUT2D eigenvalue weighted by atomic mass is 32.2. The van der Waals surface area contributed by atoms with Crippen molar-refractivity contribution in [3.8, 4) is 22.6 Å². The van der Waals surface area contributed by atoms with Gasteiger partial charge in [-0.15, -0.1) is 5.10 Å². The lowest BCUT2D eigenvalue weighted by Crippen LogP contribution is -2.20. The van der Waals surface area contributed by atoms with Crippen LogP contribution in [0, 0.1) is 6.92 Å². The SMILES string of the molecule is CCCCCc1c(S(=O)(=O)c2ccc(C)cc2)nnn1CCn1c(-c2ccccc2)c(-c2ccccc2)oc1=O. The number of hydrogen-bond donors (Lipinski definition) is 0. The van der Waals surface area contributed by atoms with E-state index in [0.29, 0.717) is 23.6 Å². The number of hydrogen-bond acceptors (Lipinski definition) is 6. The normalized spacial score (nSPS) is 11.7. The monoisotopic (exact) mass is 556 g/mol. The van der Waals surface area contributed by atoms with Gasteiger partial charge in [0.05, 0.1) is 22.8 Å². The van der Waals surface area contributed by atoms with Gasteiger partial charge in [0.1, 0.15) is 0 Å². The first-order valence-electron chi connectivity index (χ1n) is 13.5. The molecule has 0 saturated carbocycles. The zero-order valence-corrected chi connectivity index (χ0v) is 23.5. The summed E-state index contributed by atoms with van der Waals surface area (Å²) in [6, 6.07) is 25.9. The molecule has 0 aliphatic carbocycles. The van der Waals surface area contributed by atoms with Gasteiger partial charge >= 0.3 is 5.76 Å². The Hall–Kier alpha value is -4.24. The summed E-state index contributed by atoms with van der Waals surface area (Å²) < 4.78 is 36.1. The lowest BCUT2D eigenvalue weighted by Gasteiger charge is -2.11. The molecule has 0 amide bonds. The highest BCUT2D eigenvalue weighted by Crippen LogP contribution is 2.32. The fourth-order valence-corrected chi connectivity index (χ4v) is 6.16.